The van der Waals surface area contributed by atoms with E-state index in [0.29, 0.717) is 6.54 Å². The average Bonchev–Trinajstić information content (AvgIpc) is 2.94. The molecule has 1 aromatic carbocycles. The summed E-state index contributed by atoms with van der Waals surface area (Å²) in [5.74, 6) is 0.931. The van der Waals surface area contributed by atoms with Crippen LogP contribution in [0, 0.1) is 0 Å². The van der Waals surface area contributed by atoms with Crippen LogP contribution in [0.25, 0.3) is 0 Å². The molecule has 2 amide bonds. The molecule has 2 aromatic rings. The van der Waals surface area contributed by atoms with Crippen molar-refractivity contribution in [3.8, 4) is 0 Å². The zero-order valence-corrected chi connectivity index (χ0v) is 15.4. The molecule has 1 unspecified atom stereocenters. The smallest absolute Gasteiger partial charge is 0.319 e. The minimum Gasteiger partial charge on any atom is -0.336 e. The second kappa shape index (κ2) is 8.75. The lowest BCUT2D eigenvalue weighted by molar-refractivity contribution is 0.243. The summed E-state index contributed by atoms with van der Waals surface area (Å²) >= 11 is 1.76. The second-order valence-corrected chi connectivity index (χ2v) is 6.76. The summed E-state index contributed by atoms with van der Waals surface area (Å²) in [6.45, 7) is 0.509. The number of nitrogens with zero attached hydrogens (tertiary/aromatic N) is 3. The van der Waals surface area contributed by atoms with E-state index in [2.05, 4.69) is 33.0 Å². The molecule has 24 heavy (non-hydrogen) atoms. The van der Waals surface area contributed by atoms with Crippen molar-refractivity contribution in [3.63, 3.8) is 0 Å². The normalized spacial score (nSPS) is 12.2. The van der Waals surface area contributed by atoms with Crippen LogP contribution in [0.5, 0.6) is 0 Å². The molecule has 1 aromatic heterocycles. The highest BCUT2D eigenvalue weighted by Gasteiger charge is 2.16. The van der Waals surface area contributed by atoms with Crippen molar-refractivity contribution in [2.24, 2.45) is 7.05 Å². The summed E-state index contributed by atoms with van der Waals surface area (Å²) in [4.78, 5) is 14.2. The van der Waals surface area contributed by atoms with Crippen molar-refractivity contribution in [1.29, 1.82) is 0 Å². The van der Waals surface area contributed by atoms with Gasteiger partial charge in [0.1, 0.15) is 0 Å². The Labute approximate surface area is 147 Å². The molecular weight excluding hydrogens is 322 g/mol. The van der Waals surface area contributed by atoms with E-state index in [0.717, 1.165) is 17.0 Å². The maximum absolute atomic E-state index is 12.2. The molecule has 130 valence electrons. The molecule has 0 aliphatic carbocycles. The Hall–Kier alpha value is -1.99. The van der Waals surface area contributed by atoms with E-state index in [1.54, 1.807) is 16.4 Å². The number of urea groups is 1. The number of carbonyl (C=O) groups is 1. The number of likely N-dealkylation sites (N-methyl/N-ethyl adjacent to an activating group) is 1. The molecule has 0 bridgehead atoms. The number of aromatic nitrogens is 2. The molecule has 1 atom stereocenters. The Kier molecular flexibility index (Phi) is 6.69. The Balaban J connectivity index is 1.92. The van der Waals surface area contributed by atoms with Crippen molar-refractivity contribution < 1.29 is 4.79 Å². The highest BCUT2D eigenvalue weighted by atomic mass is 32.2. The van der Waals surface area contributed by atoms with Crippen LogP contribution in [0.4, 0.5) is 10.5 Å². The Bertz CT molecular complexity index is 671. The van der Waals surface area contributed by atoms with Crippen LogP contribution in [0.2, 0.25) is 0 Å². The largest absolute Gasteiger partial charge is 0.336 e. The molecule has 0 radical (unpaired) electrons. The Morgan fingerprint density at radius 3 is 2.83 bits per heavy atom. The zero-order chi connectivity index (χ0) is 17.5. The van der Waals surface area contributed by atoms with E-state index < -0.39 is 0 Å². The number of nitrogens with one attached hydrogen (secondary N) is 2. The van der Waals surface area contributed by atoms with Crippen LogP contribution in [-0.4, -0.2) is 47.6 Å². The maximum Gasteiger partial charge on any atom is 0.319 e. The van der Waals surface area contributed by atoms with Gasteiger partial charge in [0.2, 0.25) is 0 Å². The fraction of sp³-hybridized carbons (Fsp3) is 0.412. The zero-order valence-electron chi connectivity index (χ0n) is 14.6. The molecule has 2 rings (SSSR count). The molecule has 7 heteroatoms. The molecule has 0 aliphatic heterocycles. The van der Waals surface area contributed by atoms with Crippen molar-refractivity contribution in [2.75, 3.05) is 32.2 Å². The van der Waals surface area contributed by atoms with Crippen LogP contribution in [0.3, 0.4) is 0 Å². The SMILES string of the molecule is CSCc1cccc(NC(=O)NCC(c2cnn(C)c2)N(C)C)c1. The molecular formula is C17H25N5OS. The highest BCUT2D eigenvalue weighted by Crippen LogP contribution is 2.17. The first-order valence-electron chi connectivity index (χ1n) is 7.77. The van der Waals surface area contributed by atoms with Gasteiger partial charge in [0.05, 0.1) is 12.2 Å². The third-order valence-corrected chi connectivity index (χ3v) is 4.31. The van der Waals surface area contributed by atoms with Crippen molar-refractivity contribution in [2.45, 2.75) is 11.8 Å². The minimum absolute atomic E-state index is 0.0762. The molecule has 0 fully saturated rings. The monoisotopic (exact) mass is 347 g/mol. The van der Waals surface area contributed by atoms with Crippen LogP contribution >= 0.6 is 11.8 Å². The number of hydrogen-bond acceptors (Lipinski definition) is 4. The highest BCUT2D eigenvalue weighted by molar-refractivity contribution is 7.97. The fourth-order valence-corrected chi connectivity index (χ4v) is 2.99. The lowest BCUT2D eigenvalue weighted by atomic mass is 10.1. The van der Waals surface area contributed by atoms with Crippen molar-refractivity contribution >= 4 is 23.5 Å². The van der Waals surface area contributed by atoms with Gasteiger partial charge in [-0.3, -0.25) is 4.68 Å². The van der Waals surface area contributed by atoms with Gasteiger partial charge in [-0.2, -0.15) is 16.9 Å². The number of anilines is 1. The van der Waals surface area contributed by atoms with E-state index in [1.165, 1.54) is 5.56 Å². The third kappa shape index (κ3) is 5.28. The van der Waals surface area contributed by atoms with E-state index in [9.17, 15) is 4.79 Å². The van der Waals surface area contributed by atoms with Gasteiger partial charge in [-0.05, 0) is 38.0 Å². The molecule has 0 saturated carbocycles. The third-order valence-electron chi connectivity index (χ3n) is 3.68. The van der Waals surface area contributed by atoms with E-state index in [-0.39, 0.29) is 12.1 Å². The lowest BCUT2D eigenvalue weighted by Gasteiger charge is -2.23. The predicted octanol–water partition coefficient (Wildman–Crippen LogP) is 2.71. The van der Waals surface area contributed by atoms with Crippen molar-refractivity contribution in [3.05, 3.63) is 47.8 Å². The van der Waals surface area contributed by atoms with Gasteiger partial charge in [0, 0.05) is 36.8 Å². The first kappa shape index (κ1) is 18.4. The van der Waals surface area contributed by atoms with Gasteiger partial charge in [-0.15, -0.1) is 0 Å². The summed E-state index contributed by atoms with van der Waals surface area (Å²) < 4.78 is 1.77. The Morgan fingerprint density at radius 1 is 1.42 bits per heavy atom. The van der Waals surface area contributed by atoms with Gasteiger partial charge < -0.3 is 15.5 Å². The van der Waals surface area contributed by atoms with Crippen LogP contribution in [-0.2, 0) is 12.8 Å². The van der Waals surface area contributed by atoms with Crippen LogP contribution in [0.1, 0.15) is 17.2 Å². The number of carbonyl (C=O) groups excluding carboxylic acids is 1. The summed E-state index contributed by atoms with van der Waals surface area (Å²) in [5.41, 5.74) is 3.08. The van der Waals surface area contributed by atoms with Gasteiger partial charge in [0.15, 0.2) is 0 Å². The quantitative estimate of drug-likeness (QED) is 0.808. The maximum atomic E-state index is 12.2. The summed E-state index contributed by atoms with van der Waals surface area (Å²) in [5, 5.41) is 10.0. The van der Waals surface area contributed by atoms with Gasteiger partial charge >= 0.3 is 6.03 Å². The number of rotatable bonds is 7. The number of thioether (sulfide) groups is 1. The predicted molar refractivity (Wildman–Crippen MR) is 100 cm³/mol. The molecule has 0 aliphatic rings. The van der Waals surface area contributed by atoms with Crippen molar-refractivity contribution in [1.82, 2.24) is 20.0 Å². The van der Waals surface area contributed by atoms with E-state index in [1.807, 2.05) is 51.7 Å². The minimum atomic E-state index is -0.202. The molecule has 0 saturated heterocycles. The number of hydrogen-bond donors (Lipinski definition) is 2. The topological polar surface area (TPSA) is 62.2 Å². The lowest BCUT2D eigenvalue weighted by Crippen LogP contribution is -2.36. The summed E-state index contributed by atoms with van der Waals surface area (Å²) in [6.07, 6.45) is 5.86. The van der Waals surface area contributed by atoms with Gasteiger partial charge in [-0.1, -0.05) is 12.1 Å². The van der Waals surface area contributed by atoms with E-state index >= 15 is 0 Å². The van der Waals surface area contributed by atoms with E-state index in [4.69, 9.17) is 0 Å². The van der Waals surface area contributed by atoms with Crippen LogP contribution < -0.4 is 10.6 Å². The number of aryl methyl sites for hydroxylation is 1. The standard InChI is InChI=1S/C17H25N5OS/c1-21(2)16(14-9-19-22(3)11-14)10-18-17(23)20-15-7-5-6-13(8-15)12-24-4/h5-9,11,16H,10,12H2,1-4H3,(H2,18,20,23). The van der Waals surface area contributed by atoms with Crippen LogP contribution in [0.15, 0.2) is 36.7 Å². The Morgan fingerprint density at radius 2 is 2.21 bits per heavy atom. The molecule has 1 heterocycles. The van der Waals surface area contributed by atoms with Gasteiger partial charge in [-0.25, -0.2) is 4.79 Å². The van der Waals surface area contributed by atoms with Gasteiger partial charge in [0.25, 0.3) is 0 Å². The molecule has 0 spiro atoms. The number of amides is 2. The average molecular weight is 347 g/mol. The number of benzene rings is 1. The second-order valence-electron chi connectivity index (χ2n) is 5.90. The summed E-state index contributed by atoms with van der Waals surface area (Å²) in [6, 6.07) is 7.79. The fourth-order valence-electron chi connectivity index (χ4n) is 2.48. The summed E-state index contributed by atoms with van der Waals surface area (Å²) in [7, 11) is 5.87. The molecule has 2 N–H and O–H groups in total. The molecule has 6 nitrogen and oxygen atoms in total. The first-order valence-corrected chi connectivity index (χ1v) is 9.16. The first-order chi connectivity index (χ1) is 11.5.